The summed E-state index contributed by atoms with van der Waals surface area (Å²) in [4.78, 5) is 11.9. The Labute approximate surface area is 125 Å². The van der Waals surface area contributed by atoms with E-state index < -0.39 is 0 Å². The maximum absolute atomic E-state index is 11.9. The molecule has 1 fully saturated rings. The Morgan fingerprint density at radius 2 is 2.10 bits per heavy atom. The number of amides is 1. The molecule has 3 N–H and O–H groups in total. The van der Waals surface area contributed by atoms with E-state index in [2.05, 4.69) is 11.9 Å². The van der Waals surface area contributed by atoms with Crippen LogP contribution < -0.4 is 15.8 Å². The van der Waals surface area contributed by atoms with Crippen molar-refractivity contribution < 1.29 is 9.53 Å². The summed E-state index contributed by atoms with van der Waals surface area (Å²) in [6, 6.07) is 7.13. The third-order valence-corrected chi connectivity index (χ3v) is 3.21. The van der Waals surface area contributed by atoms with E-state index in [1.165, 1.54) is 12.8 Å². The molecule has 1 saturated carbocycles. The monoisotopic (exact) mass is 296 g/mol. The minimum absolute atomic E-state index is 0. The second-order valence-electron chi connectivity index (χ2n) is 4.84. The fourth-order valence-corrected chi connectivity index (χ4v) is 1.86. The van der Waals surface area contributed by atoms with E-state index in [9.17, 15) is 4.79 Å². The number of ether oxygens (including phenoxy) is 1. The molecule has 20 heavy (non-hydrogen) atoms. The highest BCUT2D eigenvalue weighted by Gasteiger charge is 2.28. The molecule has 0 spiro atoms. The van der Waals surface area contributed by atoms with Gasteiger partial charge in [0.05, 0.1) is 0 Å². The lowest BCUT2D eigenvalue weighted by Crippen LogP contribution is -2.38. The number of hydrogen-bond donors (Lipinski definition) is 2. The first-order valence-corrected chi connectivity index (χ1v) is 6.58. The second-order valence-corrected chi connectivity index (χ2v) is 4.84. The van der Waals surface area contributed by atoms with E-state index >= 15 is 0 Å². The largest absolute Gasteiger partial charge is 0.490 e. The number of hydrogen-bond acceptors (Lipinski definition) is 3. The number of benzene rings is 1. The van der Waals surface area contributed by atoms with Gasteiger partial charge in [0.15, 0.2) is 0 Å². The Hall–Kier alpha value is -1.52. The predicted molar refractivity (Wildman–Crippen MR) is 82.4 cm³/mol. The van der Waals surface area contributed by atoms with Crippen molar-refractivity contribution in [1.82, 2.24) is 5.32 Å². The molecule has 1 aliphatic carbocycles. The van der Waals surface area contributed by atoms with Crippen molar-refractivity contribution in [3.05, 3.63) is 42.5 Å². The molecule has 0 heterocycles. The summed E-state index contributed by atoms with van der Waals surface area (Å²) in [5, 5.41) is 2.86. The molecule has 0 aliphatic heterocycles. The minimum Gasteiger partial charge on any atom is -0.490 e. The summed E-state index contributed by atoms with van der Waals surface area (Å²) in [5.41, 5.74) is 6.56. The van der Waals surface area contributed by atoms with E-state index in [1.807, 2.05) is 0 Å². The maximum Gasteiger partial charge on any atom is 0.251 e. The molecule has 0 aromatic heterocycles. The standard InChI is InChI=1S/C15H20N2O2.ClH/c1-2-9-19-13-7-5-12(6-8-13)15(18)17-10-14(16)11-3-4-11;/h2,5-8,11,14H,1,3-4,9-10,16H2,(H,17,18);1H. The van der Waals surface area contributed by atoms with Crippen molar-refractivity contribution in [2.75, 3.05) is 13.2 Å². The van der Waals surface area contributed by atoms with Gasteiger partial charge in [0, 0.05) is 18.2 Å². The summed E-state index contributed by atoms with van der Waals surface area (Å²) in [6.45, 7) is 4.58. The zero-order valence-corrected chi connectivity index (χ0v) is 12.2. The van der Waals surface area contributed by atoms with E-state index in [0.717, 1.165) is 5.75 Å². The van der Waals surface area contributed by atoms with Crippen LogP contribution in [0.2, 0.25) is 0 Å². The summed E-state index contributed by atoms with van der Waals surface area (Å²) in [6.07, 6.45) is 4.05. The highest BCUT2D eigenvalue weighted by atomic mass is 35.5. The van der Waals surface area contributed by atoms with Crippen LogP contribution in [0.5, 0.6) is 5.75 Å². The molecule has 1 amide bonds. The van der Waals surface area contributed by atoms with Crippen LogP contribution in [0, 0.1) is 5.92 Å². The number of carbonyl (C=O) groups is 1. The molecule has 1 aromatic rings. The van der Waals surface area contributed by atoms with Crippen LogP contribution in [0.1, 0.15) is 23.2 Å². The molecule has 0 saturated heterocycles. The number of nitrogens with two attached hydrogens (primary N) is 1. The molecule has 5 heteroatoms. The van der Waals surface area contributed by atoms with Gasteiger partial charge in [-0.1, -0.05) is 12.7 Å². The van der Waals surface area contributed by atoms with Gasteiger partial charge in [-0.15, -0.1) is 12.4 Å². The Kier molecular flexibility index (Phi) is 6.55. The van der Waals surface area contributed by atoms with Crippen molar-refractivity contribution in [3.63, 3.8) is 0 Å². The quantitative estimate of drug-likeness (QED) is 0.758. The third-order valence-electron chi connectivity index (χ3n) is 3.21. The number of halogens is 1. The Morgan fingerprint density at radius 1 is 1.45 bits per heavy atom. The van der Waals surface area contributed by atoms with Crippen LogP contribution in [-0.4, -0.2) is 25.1 Å². The highest BCUT2D eigenvalue weighted by molar-refractivity contribution is 5.94. The van der Waals surface area contributed by atoms with Crippen LogP contribution in [0.25, 0.3) is 0 Å². The number of carbonyl (C=O) groups excluding carboxylic acids is 1. The zero-order chi connectivity index (χ0) is 13.7. The average molecular weight is 297 g/mol. The summed E-state index contributed by atoms with van der Waals surface area (Å²) >= 11 is 0. The lowest BCUT2D eigenvalue weighted by atomic mass is 10.1. The van der Waals surface area contributed by atoms with Gasteiger partial charge in [0.2, 0.25) is 0 Å². The molecule has 2 rings (SSSR count). The Bertz CT molecular complexity index is 444. The topological polar surface area (TPSA) is 64.3 Å². The molecule has 4 nitrogen and oxygen atoms in total. The fourth-order valence-electron chi connectivity index (χ4n) is 1.86. The normalized spacial score (nSPS) is 14.8. The first-order valence-electron chi connectivity index (χ1n) is 6.58. The molecule has 1 aliphatic rings. The van der Waals surface area contributed by atoms with E-state index in [1.54, 1.807) is 30.3 Å². The van der Waals surface area contributed by atoms with Crippen LogP contribution in [0.15, 0.2) is 36.9 Å². The first-order chi connectivity index (χ1) is 9.20. The molecule has 0 bridgehead atoms. The minimum atomic E-state index is -0.0913. The predicted octanol–water partition coefficient (Wildman–Crippen LogP) is 2.14. The van der Waals surface area contributed by atoms with Crippen LogP contribution in [0.4, 0.5) is 0 Å². The Balaban J connectivity index is 0.00000200. The van der Waals surface area contributed by atoms with Gasteiger partial charge in [-0.05, 0) is 43.0 Å². The van der Waals surface area contributed by atoms with Gasteiger partial charge in [-0.3, -0.25) is 4.79 Å². The van der Waals surface area contributed by atoms with Gasteiger partial charge in [-0.2, -0.15) is 0 Å². The maximum atomic E-state index is 11.9. The lowest BCUT2D eigenvalue weighted by Gasteiger charge is -2.11. The summed E-state index contributed by atoms with van der Waals surface area (Å²) < 4.78 is 5.36. The third kappa shape index (κ3) is 4.87. The van der Waals surface area contributed by atoms with Crippen molar-refractivity contribution >= 4 is 18.3 Å². The molecule has 1 atom stereocenters. The SMILES string of the molecule is C=CCOc1ccc(C(=O)NCC(N)C2CC2)cc1.Cl. The summed E-state index contributed by atoms with van der Waals surface area (Å²) in [7, 11) is 0. The molecular weight excluding hydrogens is 276 g/mol. The first kappa shape index (κ1) is 16.5. The number of rotatable bonds is 7. The average Bonchev–Trinajstić information content (AvgIpc) is 3.27. The van der Waals surface area contributed by atoms with E-state index in [0.29, 0.717) is 24.6 Å². The molecule has 0 radical (unpaired) electrons. The summed E-state index contributed by atoms with van der Waals surface area (Å²) in [5.74, 6) is 1.23. The molecule has 1 unspecified atom stereocenters. The van der Waals surface area contributed by atoms with Crippen molar-refractivity contribution in [1.29, 1.82) is 0 Å². The lowest BCUT2D eigenvalue weighted by molar-refractivity contribution is 0.0950. The fraction of sp³-hybridized carbons (Fsp3) is 0.400. The van der Waals surface area contributed by atoms with Gasteiger partial charge in [0.25, 0.3) is 5.91 Å². The van der Waals surface area contributed by atoms with E-state index in [-0.39, 0.29) is 24.4 Å². The molecular formula is C15H21ClN2O2. The second kappa shape index (κ2) is 7.92. The van der Waals surface area contributed by atoms with Crippen LogP contribution >= 0.6 is 12.4 Å². The van der Waals surface area contributed by atoms with Crippen molar-refractivity contribution in [3.8, 4) is 5.75 Å². The zero-order valence-electron chi connectivity index (χ0n) is 11.4. The molecule has 110 valence electrons. The van der Waals surface area contributed by atoms with Gasteiger partial charge >= 0.3 is 0 Å². The van der Waals surface area contributed by atoms with E-state index in [4.69, 9.17) is 10.5 Å². The smallest absolute Gasteiger partial charge is 0.251 e. The van der Waals surface area contributed by atoms with Crippen molar-refractivity contribution in [2.24, 2.45) is 11.7 Å². The number of nitrogens with one attached hydrogen (secondary N) is 1. The van der Waals surface area contributed by atoms with Gasteiger partial charge in [-0.25, -0.2) is 0 Å². The van der Waals surface area contributed by atoms with Crippen molar-refractivity contribution in [2.45, 2.75) is 18.9 Å². The molecule has 1 aromatic carbocycles. The highest BCUT2D eigenvalue weighted by Crippen LogP contribution is 2.31. The Morgan fingerprint density at radius 3 is 2.65 bits per heavy atom. The van der Waals surface area contributed by atoms with Gasteiger partial charge in [0.1, 0.15) is 12.4 Å². The van der Waals surface area contributed by atoms with Gasteiger partial charge < -0.3 is 15.8 Å². The van der Waals surface area contributed by atoms with Crippen LogP contribution in [0.3, 0.4) is 0 Å². The van der Waals surface area contributed by atoms with Crippen LogP contribution in [-0.2, 0) is 0 Å².